The normalized spacial score (nSPS) is 13.1. The fourth-order valence-electron chi connectivity index (χ4n) is 1.67. The van der Waals surface area contributed by atoms with Crippen LogP contribution in [0.5, 0.6) is 0 Å². The minimum Gasteiger partial charge on any atom is -0.392 e. The number of nitrogens with one attached hydrogen (secondary N) is 1. The molecule has 0 bridgehead atoms. The van der Waals surface area contributed by atoms with E-state index in [-0.39, 0.29) is 11.9 Å². The predicted molar refractivity (Wildman–Crippen MR) is 68.6 cm³/mol. The molecule has 0 saturated carbocycles. The Morgan fingerprint density at radius 3 is 2.71 bits per heavy atom. The van der Waals surface area contributed by atoms with E-state index >= 15 is 0 Å². The molecule has 2 nitrogen and oxygen atoms in total. The van der Waals surface area contributed by atoms with Gasteiger partial charge in [-0.05, 0) is 24.5 Å². The summed E-state index contributed by atoms with van der Waals surface area (Å²) in [7, 11) is 0. The van der Waals surface area contributed by atoms with Crippen LogP contribution in [0.1, 0.15) is 25.8 Å². The first kappa shape index (κ1) is 14.4. The number of halogens is 2. The highest BCUT2D eigenvalue weighted by Crippen LogP contribution is 2.14. The molecule has 0 aromatic heterocycles. The molecule has 1 aromatic rings. The molecule has 1 atom stereocenters. The van der Waals surface area contributed by atoms with Gasteiger partial charge in [0.1, 0.15) is 5.82 Å². The summed E-state index contributed by atoms with van der Waals surface area (Å²) in [5.41, 5.74) is 0.561. The predicted octanol–water partition coefficient (Wildman–Crippen LogP) is 2.98. The van der Waals surface area contributed by atoms with Gasteiger partial charge in [0, 0.05) is 23.7 Å². The standard InChI is InChI=1S/C13H19ClFNO/c1-9(2)5-12(17)8-16-7-10-3-4-11(14)6-13(10)15/h3-4,6,9,12,16-17H,5,7-8H2,1-2H3. The number of rotatable bonds is 6. The van der Waals surface area contributed by atoms with Crippen LogP contribution in [0, 0.1) is 11.7 Å². The number of hydrogen-bond donors (Lipinski definition) is 2. The summed E-state index contributed by atoms with van der Waals surface area (Å²) < 4.78 is 13.4. The highest BCUT2D eigenvalue weighted by Gasteiger charge is 2.07. The largest absolute Gasteiger partial charge is 0.392 e. The second-order valence-corrected chi connectivity index (χ2v) is 5.09. The van der Waals surface area contributed by atoms with E-state index in [2.05, 4.69) is 19.2 Å². The zero-order valence-corrected chi connectivity index (χ0v) is 11.0. The van der Waals surface area contributed by atoms with E-state index in [9.17, 15) is 9.50 Å². The Labute approximate surface area is 107 Å². The van der Waals surface area contributed by atoms with Crippen molar-refractivity contribution >= 4 is 11.6 Å². The summed E-state index contributed by atoms with van der Waals surface area (Å²) in [6, 6.07) is 4.61. The number of benzene rings is 1. The van der Waals surface area contributed by atoms with E-state index in [4.69, 9.17) is 11.6 Å². The first-order valence-corrected chi connectivity index (χ1v) is 6.19. The van der Waals surface area contributed by atoms with Crippen molar-refractivity contribution in [2.24, 2.45) is 5.92 Å². The van der Waals surface area contributed by atoms with E-state index in [1.54, 1.807) is 12.1 Å². The molecule has 0 fully saturated rings. The van der Waals surface area contributed by atoms with Crippen molar-refractivity contribution in [1.29, 1.82) is 0 Å². The van der Waals surface area contributed by atoms with Crippen molar-refractivity contribution < 1.29 is 9.50 Å². The minimum absolute atomic E-state index is 0.316. The van der Waals surface area contributed by atoms with E-state index < -0.39 is 0 Å². The third-order valence-corrected chi connectivity index (χ3v) is 2.69. The molecule has 0 aliphatic rings. The average molecular weight is 260 g/mol. The number of hydrogen-bond acceptors (Lipinski definition) is 2. The van der Waals surface area contributed by atoms with E-state index in [1.807, 2.05) is 0 Å². The lowest BCUT2D eigenvalue weighted by molar-refractivity contribution is 0.146. The summed E-state index contributed by atoms with van der Waals surface area (Å²) in [6.45, 7) is 4.99. The molecular weight excluding hydrogens is 241 g/mol. The Morgan fingerprint density at radius 1 is 1.41 bits per heavy atom. The third kappa shape index (κ3) is 5.48. The maximum atomic E-state index is 13.4. The van der Waals surface area contributed by atoms with Gasteiger partial charge in [0.05, 0.1) is 6.10 Å². The van der Waals surface area contributed by atoms with E-state index in [0.717, 1.165) is 6.42 Å². The molecule has 1 unspecified atom stereocenters. The molecule has 96 valence electrons. The topological polar surface area (TPSA) is 32.3 Å². The molecule has 17 heavy (non-hydrogen) atoms. The van der Waals surface area contributed by atoms with Crippen molar-refractivity contribution in [3.05, 3.63) is 34.6 Å². The van der Waals surface area contributed by atoms with Crippen LogP contribution in [0.3, 0.4) is 0 Å². The lowest BCUT2D eigenvalue weighted by Crippen LogP contribution is -2.27. The average Bonchev–Trinajstić information content (AvgIpc) is 2.20. The van der Waals surface area contributed by atoms with Crippen molar-refractivity contribution in [3.63, 3.8) is 0 Å². The summed E-state index contributed by atoms with van der Waals surface area (Å²) in [5, 5.41) is 13.1. The molecular formula is C13H19ClFNO. The first-order chi connectivity index (χ1) is 7.99. The SMILES string of the molecule is CC(C)CC(O)CNCc1ccc(Cl)cc1F. The molecule has 0 amide bonds. The molecule has 4 heteroatoms. The van der Waals surface area contributed by atoms with Crippen molar-refractivity contribution in [2.75, 3.05) is 6.54 Å². The molecule has 1 aromatic carbocycles. The van der Waals surface area contributed by atoms with Gasteiger partial charge in [-0.25, -0.2) is 4.39 Å². The van der Waals surface area contributed by atoms with Gasteiger partial charge in [-0.3, -0.25) is 0 Å². The first-order valence-electron chi connectivity index (χ1n) is 5.81. The monoisotopic (exact) mass is 259 g/mol. The molecule has 0 radical (unpaired) electrons. The van der Waals surface area contributed by atoms with Gasteiger partial charge in [-0.15, -0.1) is 0 Å². The van der Waals surface area contributed by atoms with Crippen molar-refractivity contribution in [2.45, 2.75) is 32.9 Å². The van der Waals surface area contributed by atoms with Gasteiger partial charge in [0.15, 0.2) is 0 Å². The Morgan fingerprint density at radius 2 is 2.12 bits per heavy atom. The second kappa shape index (κ2) is 6.94. The number of aliphatic hydroxyl groups excluding tert-OH is 1. The van der Waals surface area contributed by atoms with Gasteiger partial charge in [-0.2, -0.15) is 0 Å². The van der Waals surface area contributed by atoms with Crippen LogP contribution < -0.4 is 5.32 Å². The lowest BCUT2D eigenvalue weighted by Gasteiger charge is -2.14. The van der Waals surface area contributed by atoms with Gasteiger partial charge >= 0.3 is 0 Å². The van der Waals surface area contributed by atoms with Crippen LogP contribution in [-0.2, 0) is 6.54 Å². The third-order valence-electron chi connectivity index (χ3n) is 2.45. The van der Waals surface area contributed by atoms with Crippen LogP contribution in [0.15, 0.2) is 18.2 Å². The highest BCUT2D eigenvalue weighted by molar-refractivity contribution is 6.30. The van der Waals surface area contributed by atoms with Gasteiger partial charge in [-0.1, -0.05) is 31.5 Å². The molecule has 1 rings (SSSR count). The van der Waals surface area contributed by atoms with E-state index in [1.165, 1.54) is 6.07 Å². The molecule has 2 N–H and O–H groups in total. The van der Waals surface area contributed by atoms with Crippen LogP contribution in [-0.4, -0.2) is 17.8 Å². The Balaban J connectivity index is 2.35. The summed E-state index contributed by atoms with van der Waals surface area (Å²) in [4.78, 5) is 0. The highest BCUT2D eigenvalue weighted by atomic mass is 35.5. The van der Waals surface area contributed by atoms with Gasteiger partial charge < -0.3 is 10.4 Å². The van der Waals surface area contributed by atoms with Crippen LogP contribution in [0.4, 0.5) is 4.39 Å². The Hall–Kier alpha value is -0.640. The molecule has 0 aliphatic carbocycles. The van der Waals surface area contributed by atoms with Gasteiger partial charge in [0.2, 0.25) is 0 Å². The Kier molecular flexibility index (Phi) is 5.89. The van der Waals surface area contributed by atoms with E-state index in [0.29, 0.717) is 29.6 Å². The quantitative estimate of drug-likeness (QED) is 0.823. The van der Waals surface area contributed by atoms with Gasteiger partial charge in [0.25, 0.3) is 0 Å². The maximum absolute atomic E-state index is 13.4. The van der Waals surface area contributed by atoms with Crippen molar-refractivity contribution in [3.8, 4) is 0 Å². The fourth-order valence-corrected chi connectivity index (χ4v) is 1.82. The van der Waals surface area contributed by atoms with Crippen LogP contribution in [0.25, 0.3) is 0 Å². The lowest BCUT2D eigenvalue weighted by atomic mass is 10.1. The molecule has 0 heterocycles. The second-order valence-electron chi connectivity index (χ2n) is 4.65. The summed E-state index contributed by atoms with van der Waals surface area (Å²) >= 11 is 5.66. The smallest absolute Gasteiger partial charge is 0.129 e. The maximum Gasteiger partial charge on any atom is 0.129 e. The van der Waals surface area contributed by atoms with Crippen LogP contribution in [0.2, 0.25) is 5.02 Å². The summed E-state index contributed by atoms with van der Waals surface area (Å²) in [6.07, 6.45) is 0.362. The molecule has 0 spiro atoms. The molecule has 0 saturated heterocycles. The number of aliphatic hydroxyl groups is 1. The van der Waals surface area contributed by atoms with Crippen LogP contribution >= 0.6 is 11.6 Å². The minimum atomic E-state index is -0.384. The molecule has 0 aliphatic heterocycles. The summed E-state index contributed by atoms with van der Waals surface area (Å²) in [5.74, 6) is 0.141. The Bertz CT molecular complexity index is 357. The fraction of sp³-hybridized carbons (Fsp3) is 0.538. The van der Waals surface area contributed by atoms with Crippen molar-refractivity contribution in [1.82, 2.24) is 5.32 Å². The zero-order valence-electron chi connectivity index (χ0n) is 10.2. The zero-order chi connectivity index (χ0) is 12.8.